The van der Waals surface area contributed by atoms with Gasteiger partial charge in [-0.15, -0.1) is 0 Å². The van der Waals surface area contributed by atoms with E-state index >= 15 is 0 Å². The van der Waals surface area contributed by atoms with Crippen molar-refractivity contribution in [2.75, 3.05) is 26.9 Å². The first-order chi connectivity index (χ1) is 16.9. The molecule has 0 spiro atoms. The van der Waals surface area contributed by atoms with E-state index in [0.717, 1.165) is 26.0 Å². The lowest BCUT2D eigenvalue weighted by Crippen LogP contribution is -2.26. The van der Waals surface area contributed by atoms with Crippen molar-refractivity contribution in [3.8, 4) is 6.07 Å². The van der Waals surface area contributed by atoms with Crippen LogP contribution in [0.4, 0.5) is 4.39 Å². The maximum absolute atomic E-state index is 14.1. The Labute approximate surface area is 210 Å². The second kappa shape index (κ2) is 19.8. The molecule has 200 valence electrons. The summed E-state index contributed by atoms with van der Waals surface area (Å²) in [4.78, 5) is 9.48. The molecule has 1 aromatic carbocycles. The monoisotopic (exact) mass is 515 g/mol. The van der Waals surface area contributed by atoms with Gasteiger partial charge in [-0.1, -0.05) is 83.6 Å². The van der Waals surface area contributed by atoms with E-state index in [2.05, 4.69) is 11.4 Å². The Morgan fingerprint density at radius 1 is 1.00 bits per heavy atom. The summed E-state index contributed by atoms with van der Waals surface area (Å²) in [6.45, 7) is 2.60. The Balaban J connectivity index is 2.25. The summed E-state index contributed by atoms with van der Waals surface area (Å²) in [5.74, 6) is -0.550. The zero-order valence-corrected chi connectivity index (χ0v) is 22.3. The van der Waals surface area contributed by atoms with Crippen LogP contribution in [-0.4, -0.2) is 37.9 Å². The molecule has 0 saturated carbocycles. The molecule has 0 heterocycles. The fourth-order valence-corrected chi connectivity index (χ4v) is 4.04. The molecule has 0 aliphatic heterocycles. The molecule has 1 rings (SSSR count). The van der Waals surface area contributed by atoms with Gasteiger partial charge in [0.05, 0.1) is 31.5 Å². The van der Waals surface area contributed by atoms with Gasteiger partial charge >= 0.3 is 7.82 Å². The van der Waals surface area contributed by atoms with Crippen molar-refractivity contribution in [1.29, 1.82) is 5.26 Å². The SMILES string of the molecule is CCCCCCCCCCCCCCOC[C@H](COP(=O)(O)OC)OCc1ccc(C#N)cc1F. The van der Waals surface area contributed by atoms with Crippen LogP contribution in [0.5, 0.6) is 0 Å². The third kappa shape index (κ3) is 16.1. The number of hydrogen-bond donors (Lipinski definition) is 1. The van der Waals surface area contributed by atoms with Gasteiger partial charge in [-0.2, -0.15) is 5.26 Å². The highest BCUT2D eigenvalue weighted by Gasteiger charge is 2.22. The molecule has 0 aliphatic rings. The quantitative estimate of drug-likeness (QED) is 0.130. The molecular weight excluding hydrogens is 472 g/mol. The summed E-state index contributed by atoms with van der Waals surface area (Å²) < 4.78 is 46.4. The van der Waals surface area contributed by atoms with Crippen LogP contribution in [0.3, 0.4) is 0 Å². The number of halogens is 1. The third-order valence-electron chi connectivity index (χ3n) is 5.76. The molecule has 35 heavy (non-hydrogen) atoms. The van der Waals surface area contributed by atoms with Crippen LogP contribution < -0.4 is 0 Å². The van der Waals surface area contributed by atoms with Crippen molar-refractivity contribution in [2.45, 2.75) is 96.7 Å². The van der Waals surface area contributed by atoms with Crippen LogP contribution in [0.25, 0.3) is 0 Å². The summed E-state index contributed by atoms with van der Waals surface area (Å²) in [6, 6.07) is 6.00. The van der Waals surface area contributed by atoms with Crippen molar-refractivity contribution in [2.24, 2.45) is 0 Å². The Morgan fingerprint density at radius 2 is 1.60 bits per heavy atom. The number of nitriles is 1. The molecule has 0 bridgehead atoms. The first kappa shape index (κ1) is 31.7. The lowest BCUT2D eigenvalue weighted by atomic mass is 10.1. The molecule has 0 amide bonds. The summed E-state index contributed by atoms with van der Waals surface area (Å²) in [5.41, 5.74) is 0.493. The van der Waals surface area contributed by atoms with E-state index in [-0.39, 0.29) is 30.9 Å². The Bertz CT molecular complexity index is 773. The van der Waals surface area contributed by atoms with Gasteiger partial charge in [-0.25, -0.2) is 8.96 Å². The number of rotatable bonds is 22. The van der Waals surface area contributed by atoms with Gasteiger partial charge in [-0.3, -0.25) is 9.05 Å². The van der Waals surface area contributed by atoms with E-state index in [1.807, 2.05) is 6.07 Å². The van der Waals surface area contributed by atoms with Crippen molar-refractivity contribution < 1.29 is 32.4 Å². The van der Waals surface area contributed by atoms with E-state index in [1.54, 1.807) is 0 Å². The zero-order chi connectivity index (χ0) is 25.8. The lowest BCUT2D eigenvalue weighted by Gasteiger charge is -2.19. The van der Waals surface area contributed by atoms with Gasteiger partial charge in [0.1, 0.15) is 11.9 Å². The Kier molecular flexibility index (Phi) is 17.9. The molecule has 0 fully saturated rings. The average molecular weight is 516 g/mol. The molecule has 7 nitrogen and oxygen atoms in total. The topological polar surface area (TPSA) is 98.0 Å². The second-order valence-corrected chi connectivity index (χ2v) is 10.3. The van der Waals surface area contributed by atoms with E-state index < -0.39 is 19.7 Å². The number of benzene rings is 1. The van der Waals surface area contributed by atoms with E-state index in [1.165, 1.54) is 76.3 Å². The van der Waals surface area contributed by atoms with Crippen molar-refractivity contribution in [3.05, 3.63) is 35.1 Å². The molecule has 0 radical (unpaired) electrons. The third-order valence-corrected chi connectivity index (χ3v) is 6.69. The van der Waals surface area contributed by atoms with Crippen molar-refractivity contribution >= 4 is 7.82 Å². The minimum atomic E-state index is -4.16. The fourth-order valence-electron chi connectivity index (χ4n) is 3.58. The highest BCUT2D eigenvalue weighted by Crippen LogP contribution is 2.42. The molecular formula is C26H43FNO6P. The predicted octanol–water partition coefficient (Wildman–Crippen LogP) is 7.06. The fraction of sp³-hybridized carbons (Fsp3) is 0.731. The normalized spacial score (nSPS) is 13.9. The number of phosphoric acid groups is 1. The maximum Gasteiger partial charge on any atom is 0.472 e. The molecule has 9 heteroatoms. The first-order valence-electron chi connectivity index (χ1n) is 12.8. The summed E-state index contributed by atoms with van der Waals surface area (Å²) >= 11 is 0. The highest BCUT2D eigenvalue weighted by molar-refractivity contribution is 7.47. The number of nitrogens with zero attached hydrogens (tertiary/aromatic N) is 1. The summed E-state index contributed by atoms with van der Waals surface area (Å²) in [7, 11) is -3.09. The molecule has 0 saturated heterocycles. The summed E-state index contributed by atoms with van der Waals surface area (Å²) in [6.07, 6.45) is 14.4. The van der Waals surface area contributed by atoms with Crippen LogP contribution >= 0.6 is 7.82 Å². The van der Waals surface area contributed by atoms with Crippen LogP contribution in [0.1, 0.15) is 95.1 Å². The maximum atomic E-state index is 14.1. The van der Waals surface area contributed by atoms with Gasteiger partial charge in [0.15, 0.2) is 0 Å². The molecule has 1 unspecified atom stereocenters. The smallest absolute Gasteiger partial charge is 0.379 e. The van der Waals surface area contributed by atoms with Crippen molar-refractivity contribution in [1.82, 2.24) is 0 Å². The minimum absolute atomic E-state index is 0.0871. The van der Waals surface area contributed by atoms with Crippen LogP contribution in [0.15, 0.2) is 18.2 Å². The van der Waals surface area contributed by atoms with Gasteiger partial charge < -0.3 is 14.4 Å². The number of phosphoric ester groups is 1. The van der Waals surface area contributed by atoms with Crippen LogP contribution in [-0.2, 0) is 29.7 Å². The largest absolute Gasteiger partial charge is 0.472 e. The number of unbranched alkanes of at least 4 members (excludes halogenated alkanes) is 11. The van der Waals surface area contributed by atoms with Crippen LogP contribution in [0.2, 0.25) is 0 Å². The number of ether oxygens (including phenoxy) is 2. The van der Waals surface area contributed by atoms with Crippen LogP contribution in [0, 0.1) is 17.1 Å². The van der Waals surface area contributed by atoms with E-state index in [9.17, 15) is 13.8 Å². The molecule has 0 aliphatic carbocycles. The Morgan fingerprint density at radius 3 is 2.14 bits per heavy atom. The van der Waals surface area contributed by atoms with E-state index in [4.69, 9.17) is 19.3 Å². The molecule has 1 aromatic rings. The molecule has 1 N–H and O–H groups in total. The standard InChI is InChI=1S/C26H43FNO6P/c1-3-4-5-6-7-8-9-10-11-12-13-14-17-32-21-25(22-34-35(29,30)31-2)33-20-24-16-15-23(19-28)18-26(24)27/h15-16,18,25H,3-14,17,20-22H2,1-2H3,(H,29,30)/t25-/m1/s1. The summed E-state index contributed by atoms with van der Waals surface area (Å²) in [5, 5.41) is 8.85. The van der Waals surface area contributed by atoms with Crippen molar-refractivity contribution in [3.63, 3.8) is 0 Å². The first-order valence-corrected chi connectivity index (χ1v) is 14.3. The van der Waals surface area contributed by atoms with E-state index in [0.29, 0.717) is 6.61 Å². The molecule has 0 aromatic heterocycles. The van der Waals surface area contributed by atoms with Gasteiger partial charge in [0.2, 0.25) is 0 Å². The minimum Gasteiger partial charge on any atom is -0.379 e. The number of hydrogen-bond acceptors (Lipinski definition) is 6. The highest BCUT2D eigenvalue weighted by atomic mass is 31.2. The Hall–Kier alpha value is -1.33. The molecule has 2 atom stereocenters. The van der Waals surface area contributed by atoms with Gasteiger partial charge in [0, 0.05) is 19.3 Å². The van der Waals surface area contributed by atoms with Gasteiger partial charge in [0.25, 0.3) is 0 Å². The predicted molar refractivity (Wildman–Crippen MR) is 134 cm³/mol. The van der Waals surface area contributed by atoms with Gasteiger partial charge in [-0.05, 0) is 18.6 Å². The average Bonchev–Trinajstić information content (AvgIpc) is 2.85. The lowest BCUT2D eigenvalue weighted by molar-refractivity contribution is -0.0506. The second-order valence-electron chi connectivity index (χ2n) is 8.76. The zero-order valence-electron chi connectivity index (χ0n) is 21.4.